The average Bonchev–Trinajstić information content (AvgIpc) is 2.69. The molecule has 0 fully saturated rings. The largest absolute Gasteiger partial charge is 0.427 e. The number of carbonyl (C=O) groups excluding carboxylic acids is 2. The Hall–Kier alpha value is -3.27. The fraction of sp³-hybridized carbons (Fsp3) is 0.130. The van der Waals surface area contributed by atoms with Gasteiger partial charge in [-0.15, -0.1) is 0 Å². The predicted molar refractivity (Wildman–Crippen MR) is 101 cm³/mol. The van der Waals surface area contributed by atoms with Gasteiger partial charge in [0, 0.05) is 11.1 Å². The van der Waals surface area contributed by atoms with E-state index in [1.807, 2.05) is 37.3 Å². The van der Waals surface area contributed by atoms with Gasteiger partial charge in [0.15, 0.2) is 5.78 Å². The molecule has 0 unspecified atom stereocenters. The van der Waals surface area contributed by atoms with Crippen molar-refractivity contribution in [2.24, 2.45) is 0 Å². The molecule has 0 bridgehead atoms. The SMILES string of the molecule is C[C@@H](CC(=O)Oc1ccc(C(=O)c2ccc(F)cc2)cc1)c1ccccc1. The molecule has 0 amide bonds. The molecule has 27 heavy (non-hydrogen) atoms. The predicted octanol–water partition coefficient (Wildman–Crippen LogP) is 5.16. The number of esters is 1. The maximum Gasteiger partial charge on any atom is 0.311 e. The summed E-state index contributed by atoms with van der Waals surface area (Å²) in [5.41, 5.74) is 1.92. The molecule has 0 aliphatic heterocycles. The van der Waals surface area contributed by atoms with Crippen molar-refractivity contribution >= 4 is 11.8 Å². The van der Waals surface area contributed by atoms with Crippen LogP contribution in [0.25, 0.3) is 0 Å². The third kappa shape index (κ3) is 4.88. The van der Waals surface area contributed by atoms with Crippen molar-refractivity contribution in [3.8, 4) is 5.75 Å². The van der Waals surface area contributed by atoms with Crippen molar-refractivity contribution in [3.63, 3.8) is 0 Å². The number of halogens is 1. The molecule has 0 saturated carbocycles. The Bertz CT molecular complexity index is 916. The molecule has 3 nitrogen and oxygen atoms in total. The maximum atomic E-state index is 13.0. The first-order valence-corrected chi connectivity index (χ1v) is 8.69. The molecule has 0 spiro atoms. The maximum absolute atomic E-state index is 13.0. The van der Waals surface area contributed by atoms with Crippen molar-refractivity contribution in [2.75, 3.05) is 0 Å². The molecule has 3 rings (SSSR count). The van der Waals surface area contributed by atoms with E-state index in [1.54, 1.807) is 24.3 Å². The highest BCUT2D eigenvalue weighted by Crippen LogP contribution is 2.21. The van der Waals surface area contributed by atoms with Gasteiger partial charge < -0.3 is 4.74 Å². The number of benzene rings is 3. The smallest absolute Gasteiger partial charge is 0.311 e. The van der Waals surface area contributed by atoms with Crippen LogP contribution < -0.4 is 4.74 Å². The average molecular weight is 362 g/mol. The monoisotopic (exact) mass is 362 g/mol. The minimum absolute atomic E-state index is 0.0537. The van der Waals surface area contributed by atoms with Crippen LogP contribution in [0.2, 0.25) is 0 Å². The van der Waals surface area contributed by atoms with Crippen LogP contribution in [0.1, 0.15) is 40.7 Å². The van der Waals surface area contributed by atoms with E-state index in [9.17, 15) is 14.0 Å². The van der Waals surface area contributed by atoms with E-state index in [4.69, 9.17) is 4.74 Å². The quantitative estimate of drug-likeness (QED) is 0.346. The molecule has 0 heterocycles. The van der Waals surface area contributed by atoms with Crippen LogP contribution in [0, 0.1) is 5.82 Å². The normalized spacial score (nSPS) is 11.6. The minimum atomic E-state index is -0.390. The van der Waals surface area contributed by atoms with Crippen LogP contribution in [0.5, 0.6) is 5.75 Å². The molecule has 4 heteroatoms. The Morgan fingerprint density at radius 3 is 2.00 bits per heavy atom. The third-order valence-electron chi connectivity index (χ3n) is 4.30. The second-order valence-corrected chi connectivity index (χ2v) is 6.35. The van der Waals surface area contributed by atoms with Crippen molar-refractivity contribution in [1.82, 2.24) is 0 Å². The van der Waals surface area contributed by atoms with E-state index in [-0.39, 0.29) is 24.1 Å². The zero-order valence-corrected chi connectivity index (χ0v) is 14.9. The second kappa shape index (κ2) is 8.41. The topological polar surface area (TPSA) is 43.4 Å². The summed E-state index contributed by atoms with van der Waals surface area (Å²) in [5, 5.41) is 0. The summed E-state index contributed by atoms with van der Waals surface area (Å²) in [6, 6.07) is 21.5. The summed E-state index contributed by atoms with van der Waals surface area (Å²) in [6.07, 6.45) is 0.264. The molecule has 3 aromatic carbocycles. The van der Waals surface area contributed by atoms with E-state index in [0.29, 0.717) is 16.9 Å². The van der Waals surface area contributed by atoms with Crippen LogP contribution in [0.4, 0.5) is 4.39 Å². The van der Waals surface area contributed by atoms with Crippen molar-refractivity contribution in [3.05, 3.63) is 101 Å². The van der Waals surface area contributed by atoms with Gasteiger partial charge in [-0.1, -0.05) is 37.3 Å². The van der Waals surface area contributed by atoms with E-state index in [0.717, 1.165) is 5.56 Å². The highest BCUT2D eigenvalue weighted by atomic mass is 19.1. The third-order valence-corrected chi connectivity index (χ3v) is 4.30. The van der Waals surface area contributed by atoms with Gasteiger partial charge in [0.1, 0.15) is 11.6 Å². The lowest BCUT2D eigenvalue weighted by Gasteiger charge is -2.11. The molecule has 0 saturated heterocycles. The first-order chi connectivity index (χ1) is 13.0. The van der Waals surface area contributed by atoms with Gasteiger partial charge in [-0.2, -0.15) is 0 Å². The second-order valence-electron chi connectivity index (χ2n) is 6.35. The van der Waals surface area contributed by atoms with Crippen LogP contribution in [-0.2, 0) is 4.79 Å². The van der Waals surface area contributed by atoms with E-state index in [2.05, 4.69) is 0 Å². The molecule has 0 aliphatic rings. The molecule has 0 N–H and O–H groups in total. The zero-order valence-electron chi connectivity index (χ0n) is 14.9. The summed E-state index contributed by atoms with van der Waals surface area (Å²) in [6.45, 7) is 1.97. The summed E-state index contributed by atoms with van der Waals surface area (Å²) in [7, 11) is 0. The zero-order chi connectivity index (χ0) is 19.2. The lowest BCUT2D eigenvalue weighted by Crippen LogP contribution is -2.11. The van der Waals surface area contributed by atoms with Crippen LogP contribution in [-0.4, -0.2) is 11.8 Å². The van der Waals surface area contributed by atoms with E-state index < -0.39 is 5.82 Å². The number of ketones is 1. The highest BCUT2D eigenvalue weighted by molar-refractivity contribution is 6.09. The van der Waals surface area contributed by atoms with Gasteiger partial charge in [-0.3, -0.25) is 9.59 Å². The lowest BCUT2D eigenvalue weighted by molar-refractivity contribution is -0.134. The van der Waals surface area contributed by atoms with Gasteiger partial charge in [-0.25, -0.2) is 4.39 Å². The van der Waals surface area contributed by atoms with Gasteiger partial charge >= 0.3 is 5.97 Å². The molecule has 0 aromatic heterocycles. The molecule has 136 valence electrons. The Morgan fingerprint density at radius 2 is 1.41 bits per heavy atom. The van der Waals surface area contributed by atoms with E-state index in [1.165, 1.54) is 24.3 Å². The van der Waals surface area contributed by atoms with Crippen LogP contribution >= 0.6 is 0 Å². The first kappa shape index (κ1) is 18.5. The van der Waals surface area contributed by atoms with Crippen molar-refractivity contribution in [2.45, 2.75) is 19.3 Å². The minimum Gasteiger partial charge on any atom is -0.427 e. The number of carbonyl (C=O) groups is 2. The fourth-order valence-electron chi connectivity index (χ4n) is 2.76. The van der Waals surface area contributed by atoms with E-state index >= 15 is 0 Å². The molecular formula is C23H19FO3. The Kier molecular flexibility index (Phi) is 5.77. The summed E-state index contributed by atoms with van der Waals surface area (Å²) >= 11 is 0. The number of rotatable bonds is 6. The lowest BCUT2D eigenvalue weighted by atomic mass is 9.98. The van der Waals surface area contributed by atoms with Gasteiger partial charge in [0.25, 0.3) is 0 Å². The summed E-state index contributed by atoms with van der Waals surface area (Å²) in [5.74, 6) is -0.498. The van der Waals surface area contributed by atoms with Gasteiger partial charge in [0.2, 0.25) is 0 Å². The molecule has 3 aromatic rings. The number of hydrogen-bond acceptors (Lipinski definition) is 3. The van der Waals surface area contributed by atoms with Gasteiger partial charge in [-0.05, 0) is 60.0 Å². The number of hydrogen-bond donors (Lipinski definition) is 0. The Labute approximate surface area is 157 Å². The molecule has 0 radical (unpaired) electrons. The van der Waals surface area contributed by atoms with Crippen LogP contribution in [0.15, 0.2) is 78.9 Å². The fourth-order valence-corrected chi connectivity index (χ4v) is 2.76. The molecule has 0 aliphatic carbocycles. The highest BCUT2D eigenvalue weighted by Gasteiger charge is 2.14. The Morgan fingerprint density at radius 1 is 0.852 bits per heavy atom. The number of ether oxygens (including phenoxy) is 1. The Balaban J connectivity index is 1.61. The standard InChI is InChI=1S/C23H19FO3/c1-16(17-5-3-2-4-6-17)15-22(25)27-21-13-9-19(10-14-21)23(26)18-7-11-20(24)12-8-18/h2-14,16H,15H2,1H3/t16-/m0/s1. The molecular weight excluding hydrogens is 343 g/mol. The summed E-state index contributed by atoms with van der Waals surface area (Å²) in [4.78, 5) is 24.5. The molecule has 1 atom stereocenters. The van der Waals surface area contributed by atoms with Gasteiger partial charge in [0.05, 0.1) is 6.42 Å². The first-order valence-electron chi connectivity index (χ1n) is 8.69. The van der Waals surface area contributed by atoms with Crippen molar-refractivity contribution in [1.29, 1.82) is 0 Å². The van der Waals surface area contributed by atoms with Crippen molar-refractivity contribution < 1.29 is 18.7 Å². The van der Waals surface area contributed by atoms with Crippen LogP contribution in [0.3, 0.4) is 0 Å². The summed E-state index contributed by atoms with van der Waals surface area (Å²) < 4.78 is 18.3.